The Kier molecular flexibility index (Phi) is 2.28. The van der Waals surface area contributed by atoms with Crippen molar-refractivity contribution < 1.29 is 8.78 Å². The summed E-state index contributed by atoms with van der Waals surface area (Å²) in [5.41, 5.74) is 0. The molecule has 0 aliphatic carbocycles. The van der Waals surface area contributed by atoms with Crippen molar-refractivity contribution in [1.82, 2.24) is 10.2 Å². The SMILES string of the molecule is CC1CCN(C2CNC2)CC1(F)F. The number of halogens is 2. The molecule has 0 radical (unpaired) electrons. The summed E-state index contributed by atoms with van der Waals surface area (Å²) < 4.78 is 26.6. The molecule has 0 spiro atoms. The van der Waals surface area contributed by atoms with Crippen molar-refractivity contribution >= 4 is 0 Å². The molecule has 1 N–H and O–H groups in total. The van der Waals surface area contributed by atoms with Crippen molar-refractivity contribution in [3.63, 3.8) is 0 Å². The average molecular weight is 190 g/mol. The van der Waals surface area contributed by atoms with E-state index in [2.05, 4.69) is 5.32 Å². The Morgan fingerprint density at radius 2 is 2.08 bits per heavy atom. The van der Waals surface area contributed by atoms with E-state index in [4.69, 9.17) is 0 Å². The highest BCUT2D eigenvalue weighted by molar-refractivity contribution is 4.92. The van der Waals surface area contributed by atoms with Crippen molar-refractivity contribution in [3.05, 3.63) is 0 Å². The van der Waals surface area contributed by atoms with E-state index in [-0.39, 0.29) is 6.54 Å². The van der Waals surface area contributed by atoms with Gasteiger partial charge in [0, 0.05) is 25.0 Å². The van der Waals surface area contributed by atoms with Gasteiger partial charge in [-0.1, -0.05) is 6.92 Å². The van der Waals surface area contributed by atoms with E-state index < -0.39 is 11.8 Å². The molecular formula is C9H16F2N2. The van der Waals surface area contributed by atoms with Crippen LogP contribution in [-0.4, -0.2) is 43.0 Å². The van der Waals surface area contributed by atoms with E-state index in [1.807, 2.05) is 4.90 Å². The number of hydrogen-bond donors (Lipinski definition) is 1. The smallest absolute Gasteiger partial charge is 0.263 e. The molecule has 76 valence electrons. The Balaban J connectivity index is 1.94. The van der Waals surface area contributed by atoms with Gasteiger partial charge in [0.2, 0.25) is 0 Å². The van der Waals surface area contributed by atoms with E-state index in [0.29, 0.717) is 12.5 Å². The van der Waals surface area contributed by atoms with Crippen LogP contribution in [0.15, 0.2) is 0 Å². The zero-order valence-electron chi connectivity index (χ0n) is 7.89. The number of nitrogens with zero attached hydrogens (tertiary/aromatic N) is 1. The molecule has 0 bridgehead atoms. The van der Waals surface area contributed by atoms with Gasteiger partial charge in [0.05, 0.1) is 6.54 Å². The van der Waals surface area contributed by atoms with Crippen LogP contribution in [0.1, 0.15) is 13.3 Å². The summed E-state index contributed by atoms with van der Waals surface area (Å²) in [5.74, 6) is -2.93. The molecule has 13 heavy (non-hydrogen) atoms. The molecule has 0 aromatic rings. The maximum absolute atomic E-state index is 13.3. The summed E-state index contributed by atoms with van der Waals surface area (Å²) in [4.78, 5) is 1.93. The van der Waals surface area contributed by atoms with E-state index >= 15 is 0 Å². The van der Waals surface area contributed by atoms with Crippen molar-refractivity contribution in [2.75, 3.05) is 26.2 Å². The third kappa shape index (κ3) is 1.70. The van der Waals surface area contributed by atoms with Crippen molar-refractivity contribution in [1.29, 1.82) is 0 Å². The van der Waals surface area contributed by atoms with Crippen LogP contribution in [0.2, 0.25) is 0 Å². The molecule has 1 atom stereocenters. The minimum Gasteiger partial charge on any atom is -0.314 e. The standard InChI is InChI=1S/C9H16F2N2/c1-7-2-3-13(6-9(7,10)11)8-4-12-5-8/h7-8,12H,2-6H2,1H3. The van der Waals surface area contributed by atoms with Crippen LogP contribution < -0.4 is 5.32 Å². The fourth-order valence-electron chi connectivity index (χ4n) is 1.92. The van der Waals surface area contributed by atoms with Crippen LogP contribution in [-0.2, 0) is 0 Å². The Labute approximate surface area is 77.3 Å². The minimum absolute atomic E-state index is 0.0412. The lowest BCUT2D eigenvalue weighted by Crippen LogP contribution is -2.62. The van der Waals surface area contributed by atoms with Gasteiger partial charge in [-0.15, -0.1) is 0 Å². The topological polar surface area (TPSA) is 15.3 Å². The van der Waals surface area contributed by atoms with Crippen LogP contribution in [0, 0.1) is 5.92 Å². The zero-order chi connectivity index (χ0) is 9.47. The van der Waals surface area contributed by atoms with Crippen LogP contribution in [0.4, 0.5) is 8.78 Å². The molecule has 0 aromatic heterocycles. The maximum atomic E-state index is 13.3. The lowest BCUT2D eigenvalue weighted by Gasteiger charge is -2.44. The molecular weight excluding hydrogens is 174 g/mol. The van der Waals surface area contributed by atoms with Gasteiger partial charge >= 0.3 is 0 Å². The average Bonchev–Trinajstić information content (AvgIpc) is 1.92. The van der Waals surface area contributed by atoms with Crippen molar-refractivity contribution in [2.45, 2.75) is 25.3 Å². The molecule has 2 nitrogen and oxygen atoms in total. The fraction of sp³-hybridized carbons (Fsp3) is 1.00. The van der Waals surface area contributed by atoms with Gasteiger partial charge in [0.25, 0.3) is 5.92 Å². The van der Waals surface area contributed by atoms with Crippen LogP contribution in [0.25, 0.3) is 0 Å². The molecule has 2 fully saturated rings. The lowest BCUT2D eigenvalue weighted by atomic mass is 9.93. The fourth-order valence-corrected chi connectivity index (χ4v) is 1.92. The van der Waals surface area contributed by atoms with Gasteiger partial charge in [-0.2, -0.15) is 0 Å². The molecule has 2 saturated heterocycles. The van der Waals surface area contributed by atoms with Gasteiger partial charge in [-0.3, -0.25) is 4.90 Å². The second-order valence-electron chi connectivity index (χ2n) is 4.23. The summed E-state index contributed by atoms with van der Waals surface area (Å²) in [6.07, 6.45) is 0.628. The third-order valence-corrected chi connectivity index (χ3v) is 3.26. The Hall–Kier alpha value is -0.220. The predicted octanol–water partition coefficient (Wildman–Crippen LogP) is 0.935. The van der Waals surface area contributed by atoms with Crippen LogP contribution in [0.5, 0.6) is 0 Å². The summed E-state index contributed by atoms with van der Waals surface area (Å²) >= 11 is 0. The van der Waals surface area contributed by atoms with Gasteiger partial charge in [-0.05, 0) is 13.0 Å². The van der Waals surface area contributed by atoms with Crippen molar-refractivity contribution in [3.8, 4) is 0 Å². The summed E-state index contributed by atoms with van der Waals surface area (Å²) in [6.45, 7) is 4.20. The summed E-state index contributed by atoms with van der Waals surface area (Å²) in [6, 6.07) is 0.360. The monoisotopic (exact) mass is 190 g/mol. The highest BCUT2D eigenvalue weighted by Gasteiger charge is 2.44. The Morgan fingerprint density at radius 3 is 2.54 bits per heavy atom. The van der Waals surface area contributed by atoms with E-state index in [0.717, 1.165) is 19.6 Å². The minimum atomic E-state index is -2.48. The van der Waals surface area contributed by atoms with Crippen LogP contribution in [0.3, 0.4) is 0 Å². The number of likely N-dealkylation sites (tertiary alicyclic amines) is 1. The highest BCUT2D eigenvalue weighted by Crippen LogP contribution is 2.33. The first-order valence-corrected chi connectivity index (χ1v) is 4.92. The lowest BCUT2D eigenvalue weighted by molar-refractivity contribution is -0.117. The molecule has 2 aliphatic heterocycles. The largest absolute Gasteiger partial charge is 0.314 e. The molecule has 0 amide bonds. The molecule has 4 heteroatoms. The molecule has 0 aromatic carbocycles. The van der Waals surface area contributed by atoms with Crippen molar-refractivity contribution in [2.24, 2.45) is 5.92 Å². The molecule has 2 aliphatic rings. The van der Waals surface area contributed by atoms with Gasteiger partial charge < -0.3 is 5.32 Å². The predicted molar refractivity (Wildman–Crippen MR) is 47.0 cm³/mol. The number of alkyl halides is 2. The third-order valence-electron chi connectivity index (χ3n) is 3.26. The van der Waals surface area contributed by atoms with Crippen LogP contribution >= 0.6 is 0 Å². The number of nitrogens with one attached hydrogen (secondary N) is 1. The summed E-state index contributed by atoms with van der Waals surface area (Å²) in [7, 11) is 0. The van der Waals surface area contributed by atoms with Gasteiger partial charge in [0.1, 0.15) is 0 Å². The molecule has 2 rings (SSSR count). The normalized spacial score (nSPS) is 35.8. The number of rotatable bonds is 1. The number of piperidine rings is 1. The van der Waals surface area contributed by atoms with E-state index in [9.17, 15) is 8.78 Å². The maximum Gasteiger partial charge on any atom is 0.263 e. The van der Waals surface area contributed by atoms with E-state index in [1.165, 1.54) is 0 Å². The summed E-state index contributed by atoms with van der Waals surface area (Å²) in [5, 5.41) is 3.11. The Bertz CT molecular complexity index is 192. The first kappa shape index (κ1) is 9.34. The first-order valence-electron chi connectivity index (χ1n) is 4.92. The van der Waals surface area contributed by atoms with Gasteiger partial charge in [0.15, 0.2) is 0 Å². The van der Waals surface area contributed by atoms with Gasteiger partial charge in [-0.25, -0.2) is 8.78 Å². The Morgan fingerprint density at radius 1 is 1.38 bits per heavy atom. The molecule has 0 saturated carbocycles. The second kappa shape index (κ2) is 3.17. The quantitative estimate of drug-likeness (QED) is 0.662. The first-order chi connectivity index (χ1) is 6.09. The zero-order valence-corrected chi connectivity index (χ0v) is 7.89. The number of hydrogen-bond acceptors (Lipinski definition) is 2. The van der Waals surface area contributed by atoms with E-state index in [1.54, 1.807) is 6.92 Å². The second-order valence-corrected chi connectivity index (χ2v) is 4.23. The highest BCUT2D eigenvalue weighted by atomic mass is 19.3. The molecule has 1 unspecified atom stereocenters. The molecule has 2 heterocycles.